The van der Waals surface area contributed by atoms with E-state index in [4.69, 9.17) is 0 Å². The van der Waals surface area contributed by atoms with Gasteiger partial charge in [0.15, 0.2) is 0 Å². The number of aryl methyl sites for hydroxylation is 1. The molecular formula is C15H12N4O3. The number of imide groups is 1. The predicted octanol–water partition coefficient (Wildman–Crippen LogP) is 1.26. The highest BCUT2D eigenvalue weighted by atomic mass is 16.2. The zero-order valence-electron chi connectivity index (χ0n) is 12.0. The lowest BCUT2D eigenvalue weighted by molar-refractivity contribution is 0.0692. The van der Waals surface area contributed by atoms with E-state index in [1.165, 1.54) is 31.6 Å². The van der Waals surface area contributed by atoms with Crippen LogP contribution >= 0.6 is 0 Å². The van der Waals surface area contributed by atoms with Gasteiger partial charge in [0.2, 0.25) is 0 Å². The minimum absolute atomic E-state index is 0.172. The average Bonchev–Trinajstić information content (AvgIpc) is 2.72. The third-order valence-electron chi connectivity index (χ3n) is 3.36. The van der Waals surface area contributed by atoms with Gasteiger partial charge in [0.25, 0.3) is 17.7 Å². The fourth-order valence-electron chi connectivity index (χ4n) is 2.14. The Hall–Kier alpha value is -3.09. The molecule has 2 heterocycles. The smallest absolute Gasteiger partial charge is 0.275 e. The Labute approximate surface area is 126 Å². The topological polar surface area (TPSA) is 92.3 Å². The van der Waals surface area contributed by atoms with Gasteiger partial charge in [-0.25, -0.2) is 4.98 Å². The SMILES string of the molecule is Cc1cnc(C(=O)Nc2ccc3c(c2)C(=O)N(C)C3=O)cn1. The Balaban J connectivity index is 1.86. The summed E-state index contributed by atoms with van der Waals surface area (Å²) in [5.41, 5.74) is 1.91. The third-order valence-corrected chi connectivity index (χ3v) is 3.36. The molecular weight excluding hydrogens is 284 g/mol. The summed E-state index contributed by atoms with van der Waals surface area (Å²) in [4.78, 5) is 44.8. The quantitative estimate of drug-likeness (QED) is 0.842. The van der Waals surface area contributed by atoms with Crippen molar-refractivity contribution in [2.75, 3.05) is 12.4 Å². The van der Waals surface area contributed by atoms with E-state index in [2.05, 4.69) is 15.3 Å². The molecule has 110 valence electrons. The van der Waals surface area contributed by atoms with Gasteiger partial charge in [-0.3, -0.25) is 24.3 Å². The molecule has 0 unspecified atom stereocenters. The summed E-state index contributed by atoms with van der Waals surface area (Å²) in [5.74, 6) is -1.16. The van der Waals surface area contributed by atoms with Gasteiger partial charge in [-0.1, -0.05) is 0 Å². The molecule has 0 radical (unpaired) electrons. The number of anilines is 1. The van der Waals surface area contributed by atoms with Gasteiger partial charge in [0.1, 0.15) is 5.69 Å². The maximum Gasteiger partial charge on any atom is 0.275 e. The van der Waals surface area contributed by atoms with E-state index in [0.717, 1.165) is 4.90 Å². The lowest BCUT2D eigenvalue weighted by Crippen LogP contribution is -2.24. The van der Waals surface area contributed by atoms with Crippen LogP contribution in [0.3, 0.4) is 0 Å². The summed E-state index contributed by atoms with van der Waals surface area (Å²) < 4.78 is 0. The van der Waals surface area contributed by atoms with Crippen LogP contribution in [0.5, 0.6) is 0 Å². The molecule has 0 saturated heterocycles. The molecule has 1 N–H and O–H groups in total. The number of amides is 3. The molecule has 22 heavy (non-hydrogen) atoms. The molecule has 2 aromatic rings. The number of aromatic nitrogens is 2. The Morgan fingerprint density at radius 1 is 1.09 bits per heavy atom. The molecule has 0 bridgehead atoms. The lowest BCUT2D eigenvalue weighted by atomic mass is 10.1. The van der Waals surface area contributed by atoms with Crippen molar-refractivity contribution in [2.24, 2.45) is 0 Å². The van der Waals surface area contributed by atoms with E-state index in [1.807, 2.05) is 0 Å². The van der Waals surface area contributed by atoms with Crippen LogP contribution < -0.4 is 5.32 Å². The molecule has 7 nitrogen and oxygen atoms in total. The summed E-state index contributed by atoms with van der Waals surface area (Å²) in [7, 11) is 1.42. The highest BCUT2D eigenvalue weighted by Crippen LogP contribution is 2.24. The highest BCUT2D eigenvalue weighted by Gasteiger charge is 2.32. The average molecular weight is 296 g/mol. The highest BCUT2D eigenvalue weighted by molar-refractivity contribution is 6.21. The Morgan fingerprint density at radius 2 is 1.82 bits per heavy atom. The number of carbonyl (C=O) groups is 3. The number of fused-ring (bicyclic) bond motifs is 1. The van der Waals surface area contributed by atoms with Crippen LogP contribution in [0.2, 0.25) is 0 Å². The monoisotopic (exact) mass is 296 g/mol. The molecule has 7 heteroatoms. The van der Waals surface area contributed by atoms with Crippen LogP contribution in [0.1, 0.15) is 36.9 Å². The first-order valence-corrected chi connectivity index (χ1v) is 6.54. The minimum Gasteiger partial charge on any atom is -0.321 e. The molecule has 0 aliphatic carbocycles. The lowest BCUT2D eigenvalue weighted by Gasteiger charge is -2.05. The number of rotatable bonds is 2. The van der Waals surface area contributed by atoms with Gasteiger partial charge >= 0.3 is 0 Å². The molecule has 1 aromatic heterocycles. The normalized spacial score (nSPS) is 13.3. The van der Waals surface area contributed by atoms with Gasteiger partial charge < -0.3 is 5.32 Å². The second-order valence-electron chi connectivity index (χ2n) is 4.93. The molecule has 0 atom stereocenters. The van der Waals surface area contributed by atoms with E-state index < -0.39 is 5.91 Å². The van der Waals surface area contributed by atoms with Crippen molar-refractivity contribution in [1.82, 2.24) is 14.9 Å². The first-order chi connectivity index (χ1) is 10.5. The largest absolute Gasteiger partial charge is 0.321 e. The Bertz CT molecular complexity index is 799. The van der Waals surface area contributed by atoms with Gasteiger partial charge in [-0.2, -0.15) is 0 Å². The summed E-state index contributed by atoms with van der Waals surface area (Å²) in [6.45, 7) is 1.77. The van der Waals surface area contributed by atoms with Crippen LogP contribution in [0.15, 0.2) is 30.6 Å². The molecule has 1 aliphatic heterocycles. The Morgan fingerprint density at radius 3 is 2.50 bits per heavy atom. The molecule has 3 rings (SSSR count). The molecule has 3 amide bonds. The van der Waals surface area contributed by atoms with Gasteiger partial charge in [-0.15, -0.1) is 0 Å². The van der Waals surface area contributed by atoms with Gasteiger partial charge in [0.05, 0.1) is 23.0 Å². The predicted molar refractivity (Wildman–Crippen MR) is 77.6 cm³/mol. The first kappa shape index (κ1) is 13.9. The Kier molecular flexibility index (Phi) is 3.17. The second kappa shape index (κ2) is 5.03. The summed E-state index contributed by atoms with van der Waals surface area (Å²) in [6, 6.07) is 4.58. The second-order valence-corrected chi connectivity index (χ2v) is 4.93. The van der Waals surface area contributed by atoms with Crippen molar-refractivity contribution >= 4 is 23.4 Å². The van der Waals surface area contributed by atoms with Crippen LogP contribution in [0.25, 0.3) is 0 Å². The van der Waals surface area contributed by atoms with E-state index in [0.29, 0.717) is 16.9 Å². The van der Waals surface area contributed by atoms with Crippen molar-refractivity contribution in [3.05, 3.63) is 53.1 Å². The maximum atomic E-state index is 12.1. The number of carbonyl (C=O) groups excluding carboxylic acids is 3. The third kappa shape index (κ3) is 2.22. The molecule has 1 aliphatic rings. The number of benzene rings is 1. The molecule has 0 saturated carbocycles. The summed E-state index contributed by atoms with van der Waals surface area (Å²) in [6.07, 6.45) is 2.87. The number of nitrogens with one attached hydrogen (secondary N) is 1. The summed E-state index contributed by atoms with van der Waals surface area (Å²) in [5, 5.41) is 2.63. The first-order valence-electron chi connectivity index (χ1n) is 6.54. The van der Waals surface area contributed by atoms with Crippen LogP contribution in [0, 0.1) is 6.92 Å². The fourth-order valence-corrected chi connectivity index (χ4v) is 2.14. The summed E-state index contributed by atoms with van der Waals surface area (Å²) >= 11 is 0. The zero-order valence-corrected chi connectivity index (χ0v) is 12.0. The zero-order chi connectivity index (χ0) is 15.9. The van der Waals surface area contributed by atoms with E-state index in [-0.39, 0.29) is 23.1 Å². The number of hydrogen-bond acceptors (Lipinski definition) is 5. The van der Waals surface area contributed by atoms with E-state index in [1.54, 1.807) is 13.0 Å². The van der Waals surface area contributed by atoms with Gasteiger partial charge in [0, 0.05) is 18.9 Å². The van der Waals surface area contributed by atoms with Crippen molar-refractivity contribution in [2.45, 2.75) is 6.92 Å². The van der Waals surface area contributed by atoms with Crippen LogP contribution in [-0.2, 0) is 0 Å². The number of hydrogen-bond donors (Lipinski definition) is 1. The maximum absolute atomic E-state index is 12.1. The van der Waals surface area contributed by atoms with E-state index in [9.17, 15) is 14.4 Å². The van der Waals surface area contributed by atoms with Crippen LogP contribution in [-0.4, -0.2) is 39.6 Å². The van der Waals surface area contributed by atoms with Gasteiger partial charge in [-0.05, 0) is 25.1 Å². The fraction of sp³-hybridized carbons (Fsp3) is 0.133. The molecule has 0 spiro atoms. The molecule has 1 aromatic carbocycles. The van der Waals surface area contributed by atoms with Crippen molar-refractivity contribution in [3.8, 4) is 0 Å². The van der Waals surface area contributed by atoms with E-state index >= 15 is 0 Å². The van der Waals surface area contributed by atoms with Crippen molar-refractivity contribution in [3.63, 3.8) is 0 Å². The standard InChI is InChI=1S/C15H12N4O3/c1-8-6-17-12(7-16-8)13(20)18-9-3-4-10-11(5-9)15(22)19(2)14(10)21/h3-7H,1-2H3,(H,18,20). The minimum atomic E-state index is -0.433. The van der Waals surface area contributed by atoms with Crippen molar-refractivity contribution in [1.29, 1.82) is 0 Å². The van der Waals surface area contributed by atoms with Crippen molar-refractivity contribution < 1.29 is 14.4 Å². The molecule has 0 fully saturated rings. The van der Waals surface area contributed by atoms with Crippen LogP contribution in [0.4, 0.5) is 5.69 Å². The number of nitrogens with zero attached hydrogens (tertiary/aromatic N) is 3.